The van der Waals surface area contributed by atoms with Crippen LogP contribution in [-0.2, 0) is 6.54 Å². The zero-order chi connectivity index (χ0) is 13.9. The fourth-order valence-electron chi connectivity index (χ4n) is 2.14. The number of H-pyrrole nitrogens is 1. The van der Waals surface area contributed by atoms with E-state index in [4.69, 9.17) is 9.47 Å². The molecule has 1 N–H and O–H groups in total. The standard InChI is InChI=1S/C14H15N3O3/c1-2-17(14(18)11-6-15-16-7-11)8-10-3-4-12-13(5-10)20-9-19-12/h3-7H,2,8-9H2,1H3,(H,15,16). The van der Waals surface area contributed by atoms with Gasteiger partial charge in [0.15, 0.2) is 11.5 Å². The number of nitrogens with one attached hydrogen (secondary N) is 1. The molecule has 2 heterocycles. The van der Waals surface area contributed by atoms with E-state index in [2.05, 4.69) is 10.2 Å². The molecule has 0 bridgehead atoms. The SMILES string of the molecule is CCN(Cc1ccc2c(c1)OCO2)C(=O)c1cn[nH]c1. The van der Waals surface area contributed by atoms with Crippen LogP contribution in [0.1, 0.15) is 22.8 Å². The Morgan fingerprint density at radius 3 is 3.00 bits per heavy atom. The smallest absolute Gasteiger partial charge is 0.257 e. The number of benzene rings is 1. The molecule has 1 aliphatic heterocycles. The number of amides is 1. The predicted octanol–water partition coefficient (Wildman–Crippen LogP) is 1.80. The van der Waals surface area contributed by atoms with E-state index in [1.165, 1.54) is 6.20 Å². The number of nitrogens with zero attached hydrogens (tertiary/aromatic N) is 2. The van der Waals surface area contributed by atoms with Gasteiger partial charge in [0.2, 0.25) is 6.79 Å². The molecule has 0 radical (unpaired) electrons. The number of hydrogen-bond acceptors (Lipinski definition) is 4. The largest absolute Gasteiger partial charge is 0.454 e. The highest BCUT2D eigenvalue weighted by molar-refractivity contribution is 5.93. The number of fused-ring (bicyclic) bond motifs is 1. The zero-order valence-electron chi connectivity index (χ0n) is 11.1. The van der Waals surface area contributed by atoms with Crippen molar-refractivity contribution in [3.63, 3.8) is 0 Å². The Bertz CT molecular complexity index is 610. The summed E-state index contributed by atoms with van der Waals surface area (Å²) in [7, 11) is 0. The van der Waals surface area contributed by atoms with Crippen LogP contribution in [0, 0.1) is 0 Å². The van der Waals surface area contributed by atoms with Gasteiger partial charge in [0, 0.05) is 19.3 Å². The maximum absolute atomic E-state index is 12.3. The zero-order valence-corrected chi connectivity index (χ0v) is 11.1. The number of aromatic nitrogens is 2. The first-order valence-corrected chi connectivity index (χ1v) is 6.44. The molecule has 6 nitrogen and oxygen atoms in total. The van der Waals surface area contributed by atoms with Crippen LogP contribution in [0.4, 0.5) is 0 Å². The summed E-state index contributed by atoms with van der Waals surface area (Å²) in [6.07, 6.45) is 3.13. The Labute approximate surface area is 116 Å². The second-order valence-electron chi connectivity index (χ2n) is 4.49. The van der Waals surface area contributed by atoms with Gasteiger partial charge in [-0.1, -0.05) is 6.07 Å². The fraction of sp³-hybridized carbons (Fsp3) is 0.286. The van der Waals surface area contributed by atoms with Crippen molar-refractivity contribution < 1.29 is 14.3 Å². The van der Waals surface area contributed by atoms with E-state index in [1.54, 1.807) is 11.1 Å². The second-order valence-corrected chi connectivity index (χ2v) is 4.49. The number of carbonyl (C=O) groups excluding carboxylic acids is 1. The molecule has 0 unspecified atom stereocenters. The molecule has 2 aromatic rings. The van der Waals surface area contributed by atoms with E-state index in [1.807, 2.05) is 25.1 Å². The normalized spacial score (nSPS) is 12.4. The average Bonchev–Trinajstić information content (AvgIpc) is 3.14. The van der Waals surface area contributed by atoms with Crippen LogP contribution in [0.15, 0.2) is 30.6 Å². The second kappa shape index (κ2) is 5.24. The molecule has 6 heteroatoms. The minimum absolute atomic E-state index is 0.0427. The average molecular weight is 273 g/mol. The Kier molecular flexibility index (Phi) is 3.28. The Morgan fingerprint density at radius 2 is 2.25 bits per heavy atom. The van der Waals surface area contributed by atoms with Crippen LogP contribution < -0.4 is 9.47 Å². The number of ether oxygens (including phenoxy) is 2. The molecule has 20 heavy (non-hydrogen) atoms. The molecule has 0 atom stereocenters. The predicted molar refractivity (Wildman–Crippen MR) is 71.6 cm³/mol. The van der Waals surface area contributed by atoms with E-state index < -0.39 is 0 Å². The van der Waals surface area contributed by atoms with Gasteiger partial charge in [-0.25, -0.2) is 0 Å². The highest BCUT2D eigenvalue weighted by Crippen LogP contribution is 2.32. The first kappa shape index (κ1) is 12.5. The Morgan fingerprint density at radius 1 is 1.40 bits per heavy atom. The first-order valence-electron chi connectivity index (χ1n) is 6.44. The monoisotopic (exact) mass is 273 g/mol. The third-order valence-electron chi connectivity index (χ3n) is 3.22. The van der Waals surface area contributed by atoms with Gasteiger partial charge < -0.3 is 14.4 Å². The minimum atomic E-state index is -0.0427. The maximum atomic E-state index is 12.3. The summed E-state index contributed by atoms with van der Waals surface area (Å²) in [5, 5.41) is 6.46. The summed E-state index contributed by atoms with van der Waals surface area (Å²) in [5.74, 6) is 1.44. The van der Waals surface area contributed by atoms with Gasteiger partial charge in [-0.05, 0) is 24.6 Å². The molecule has 0 fully saturated rings. The lowest BCUT2D eigenvalue weighted by molar-refractivity contribution is 0.0752. The lowest BCUT2D eigenvalue weighted by Crippen LogP contribution is -2.30. The van der Waals surface area contributed by atoms with Crippen molar-refractivity contribution in [3.05, 3.63) is 41.7 Å². The highest BCUT2D eigenvalue weighted by atomic mass is 16.7. The summed E-state index contributed by atoms with van der Waals surface area (Å²) >= 11 is 0. The van der Waals surface area contributed by atoms with Crippen molar-refractivity contribution in [2.45, 2.75) is 13.5 Å². The lowest BCUT2D eigenvalue weighted by Gasteiger charge is -2.20. The number of hydrogen-bond donors (Lipinski definition) is 1. The Hall–Kier alpha value is -2.50. The molecule has 1 aromatic heterocycles. The molecule has 0 saturated heterocycles. The molecule has 104 valence electrons. The molecular formula is C14H15N3O3. The van der Waals surface area contributed by atoms with Gasteiger partial charge in [0.25, 0.3) is 5.91 Å². The van der Waals surface area contributed by atoms with E-state index in [0.29, 0.717) is 18.7 Å². The first-order chi connectivity index (χ1) is 9.78. The molecule has 1 aliphatic rings. The number of carbonyl (C=O) groups is 1. The summed E-state index contributed by atoms with van der Waals surface area (Å²) in [6.45, 7) is 3.35. The van der Waals surface area contributed by atoms with Crippen molar-refractivity contribution in [2.24, 2.45) is 0 Å². The van der Waals surface area contributed by atoms with Crippen LogP contribution in [-0.4, -0.2) is 34.3 Å². The van der Waals surface area contributed by atoms with Crippen LogP contribution in [0.25, 0.3) is 0 Å². The fourth-order valence-corrected chi connectivity index (χ4v) is 2.14. The van der Waals surface area contributed by atoms with Crippen molar-refractivity contribution in [2.75, 3.05) is 13.3 Å². The quantitative estimate of drug-likeness (QED) is 0.922. The number of aromatic amines is 1. The molecule has 0 spiro atoms. The van der Waals surface area contributed by atoms with E-state index in [0.717, 1.165) is 17.1 Å². The molecule has 0 saturated carbocycles. The third kappa shape index (κ3) is 2.32. The summed E-state index contributed by atoms with van der Waals surface area (Å²) in [6, 6.07) is 5.72. The van der Waals surface area contributed by atoms with E-state index >= 15 is 0 Å². The van der Waals surface area contributed by atoms with Gasteiger partial charge in [0.05, 0.1) is 11.8 Å². The van der Waals surface area contributed by atoms with E-state index in [-0.39, 0.29) is 12.7 Å². The molecule has 1 amide bonds. The van der Waals surface area contributed by atoms with Crippen LogP contribution >= 0.6 is 0 Å². The molecular weight excluding hydrogens is 258 g/mol. The molecule has 0 aliphatic carbocycles. The van der Waals surface area contributed by atoms with Gasteiger partial charge in [-0.3, -0.25) is 9.89 Å². The van der Waals surface area contributed by atoms with Crippen molar-refractivity contribution in [1.29, 1.82) is 0 Å². The topological polar surface area (TPSA) is 67.5 Å². The third-order valence-corrected chi connectivity index (χ3v) is 3.22. The van der Waals surface area contributed by atoms with Gasteiger partial charge in [-0.2, -0.15) is 5.10 Å². The van der Waals surface area contributed by atoms with Crippen molar-refractivity contribution in [1.82, 2.24) is 15.1 Å². The number of rotatable bonds is 4. The molecule has 1 aromatic carbocycles. The Balaban J connectivity index is 1.76. The minimum Gasteiger partial charge on any atom is -0.454 e. The van der Waals surface area contributed by atoms with Crippen LogP contribution in [0.3, 0.4) is 0 Å². The highest BCUT2D eigenvalue weighted by Gasteiger charge is 2.18. The van der Waals surface area contributed by atoms with Crippen LogP contribution in [0.5, 0.6) is 11.5 Å². The van der Waals surface area contributed by atoms with Crippen molar-refractivity contribution in [3.8, 4) is 11.5 Å². The van der Waals surface area contributed by atoms with Gasteiger partial charge in [0.1, 0.15) is 0 Å². The summed E-state index contributed by atoms with van der Waals surface area (Å²) in [4.78, 5) is 14.0. The molecule has 3 rings (SSSR count). The summed E-state index contributed by atoms with van der Waals surface area (Å²) in [5.41, 5.74) is 1.57. The van der Waals surface area contributed by atoms with Crippen molar-refractivity contribution >= 4 is 5.91 Å². The van der Waals surface area contributed by atoms with E-state index in [9.17, 15) is 4.79 Å². The maximum Gasteiger partial charge on any atom is 0.257 e. The summed E-state index contributed by atoms with van der Waals surface area (Å²) < 4.78 is 10.6. The van der Waals surface area contributed by atoms with Gasteiger partial charge >= 0.3 is 0 Å². The van der Waals surface area contributed by atoms with Gasteiger partial charge in [-0.15, -0.1) is 0 Å². The lowest BCUT2D eigenvalue weighted by atomic mass is 10.1. The van der Waals surface area contributed by atoms with Crippen LogP contribution in [0.2, 0.25) is 0 Å².